The van der Waals surface area contributed by atoms with Gasteiger partial charge in [0.2, 0.25) is 11.8 Å². The number of nitrogens with one attached hydrogen (secondary N) is 1. The molecule has 140 valence electrons. The summed E-state index contributed by atoms with van der Waals surface area (Å²) in [5.41, 5.74) is 1.53. The zero-order chi connectivity index (χ0) is 18.7. The molecule has 7 nitrogen and oxygen atoms in total. The highest BCUT2D eigenvalue weighted by Gasteiger charge is 2.22. The van der Waals surface area contributed by atoms with Crippen molar-refractivity contribution in [1.29, 1.82) is 0 Å². The van der Waals surface area contributed by atoms with Crippen molar-refractivity contribution in [3.8, 4) is 5.75 Å². The second-order valence-electron chi connectivity index (χ2n) is 7.63. The molecule has 0 unspecified atom stereocenters. The SMILES string of the molecule is CC(C)(C)c1cc(NC(=O)CN2CCN(c3ccccc3O)CC2)on1. The first kappa shape index (κ1) is 18.3. The van der Waals surface area contributed by atoms with Crippen LogP contribution in [-0.2, 0) is 10.2 Å². The maximum atomic E-state index is 12.3. The summed E-state index contributed by atoms with van der Waals surface area (Å²) in [6.07, 6.45) is 0. The number of carbonyl (C=O) groups excluding carboxylic acids is 1. The van der Waals surface area contributed by atoms with Crippen LogP contribution < -0.4 is 10.2 Å². The lowest BCUT2D eigenvalue weighted by Crippen LogP contribution is -2.48. The molecule has 0 radical (unpaired) electrons. The van der Waals surface area contributed by atoms with Gasteiger partial charge in [0, 0.05) is 37.7 Å². The minimum atomic E-state index is -0.119. The fraction of sp³-hybridized carbons (Fsp3) is 0.474. The molecular formula is C19H26N4O3. The highest BCUT2D eigenvalue weighted by Crippen LogP contribution is 2.27. The topological polar surface area (TPSA) is 81.8 Å². The first-order valence-corrected chi connectivity index (χ1v) is 8.85. The fourth-order valence-corrected chi connectivity index (χ4v) is 2.95. The number of phenols is 1. The van der Waals surface area contributed by atoms with E-state index in [1.54, 1.807) is 12.1 Å². The predicted molar refractivity (Wildman–Crippen MR) is 101 cm³/mol. The lowest BCUT2D eigenvalue weighted by Gasteiger charge is -2.35. The van der Waals surface area contributed by atoms with E-state index in [1.165, 1.54) is 0 Å². The minimum absolute atomic E-state index is 0.113. The quantitative estimate of drug-likeness (QED) is 0.874. The van der Waals surface area contributed by atoms with Gasteiger partial charge < -0.3 is 14.5 Å². The average Bonchev–Trinajstić information content (AvgIpc) is 3.05. The Morgan fingerprint density at radius 1 is 1.23 bits per heavy atom. The van der Waals surface area contributed by atoms with E-state index in [4.69, 9.17) is 4.52 Å². The molecule has 2 heterocycles. The van der Waals surface area contributed by atoms with Gasteiger partial charge in [-0.2, -0.15) is 0 Å². The van der Waals surface area contributed by atoms with Crippen molar-refractivity contribution in [1.82, 2.24) is 10.1 Å². The van der Waals surface area contributed by atoms with Crippen LogP contribution in [-0.4, -0.2) is 53.8 Å². The van der Waals surface area contributed by atoms with E-state index in [0.29, 0.717) is 18.2 Å². The summed E-state index contributed by atoms with van der Waals surface area (Å²) in [5.74, 6) is 0.559. The standard InChI is InChI=1S/C19H26N4O3/c1-19(2,3)16-12-18(26-21-16)20-17(25)13-22-8-10-23(11-9-22)14-6-4-5-7-15(14)24/h4-7,12,24H,8-11,13H2,1-3H3,(H,20,25). The van der Waals surface area contributed by atoms with Crippen LogP contribution in [0.4, 0.5) is 11.6 Å². The molecule has 2 aromatic rings. The maximum Gasteiger partial charge on any atom is 0.240 e. The molecule has 1 fully saturated rings. The monoisotopic (exact) mass is 358 g/mol. The molecule has 1 aliphatic rings. The van der Waals surface area contributed by atoms with Crippen molar-refractivity contribution in [2.45, 2.75) is 26.2 Å². The second kappa shape index (κ2) is 7.37. The van der Waals surface area contributed by atoms with E-state index in [1.807, 2.05) is 39.0 Å². The Morgan fingerprint density at radius 3 is 2.54 bits per heavy atom. The summed E-state index contributed by atoms with van der Waals surface area (Å²) >= 11 is 0. The number of para-hydroxylation sites is 2. The molecule has 26 heavy (non-hydrogen) atoms. The zero-order valence-electron chi connectivity index (χ0n) is 15.5. The van der Waals surface area contributed by atoms with Crippen molar-refractivity contribution >= 4 is 17.5 Å². The third-order valence-corrected chi connectivity index (χ3v) is 4.50. The molecule has 1 saturated heterocycles. The van der Waals surface area contributed by atoms with Gasteiger partial charge in [-0.05, 0) is 12.1 Å². The van der Waals surface area contributed by atoms with Crippen LogP contribution in [0.3, 0.4) is 0 Å². The van der Waals surface area contributed by atoms with Crippen molar-refractivity contribution in [2.75, 3.05) is 42.9 Å². The number of nitrogens with zero attached hydrogens (tertiary/aromatic N) is 3. The lowest BCUT2D eigenvalue weighted by molar-refractivity contribution is -0.117. The van der Waals surface area contributed by atoms with Gasteiger partial charge in [-0.25, -0.2) is 0 Å². The van der Waals surface area contributed by atoms with E-state index in [0.717, 1.165) is 37.6 Å². The zero-order valence-corrected chi connectivity index (χ0v) is 15.5. The lowest BCUT2D eigenvalue weighted by atomic mass is 9.92. The number of carbonyl (C=O) groups is 1. The number of hydrogen-bond acceptors (Lipinski definition) is 6. The molecule has 0 spiro atoms. The normalized spacial score (nSPS) is 15.9. The smallest absolute Gasteiger partial charge is 0.240 e. The molecule has 0 atom stereocenters. The van der Waals surface area contributed by atoms with Crippen LogP contribution in [0.15, 0.2) is 34.9 Å². The molecule has 0 aliphatic carbocycles. The van der Waals surface area contributed by atoms with Crippen molar-refractivity contribution in [3.05, 3.63) is 36.0 Å². The Hall–Kier alpha value is -2.54. The molecule has 7 heteroatoms. The molecule has 1 aromatic heterocycles. The van der Waals surface area contributed by atoms with Crippen LogP contribution >= 0.6 is 0 Å². The molecule has 0 saturated carbocycles. The average molecular weight is 358 g/mol. The van der Waals surface area contributed by atoms with Crippen molar-refractivity contribution < 1.29 is 14.4 Å². The number of aromatic nitrogens is 1. The third-order valence-electron chi connectivity index (χ3n) is 4.50. The number of phenolic OH excluding ortho intramolecular Hbond substituents is 1. The molecule has 0 bridgehead atoms. The van der Waals surface area contributed by atoms with Gasteiger partial charge in [0.1, 0.15) is 5.75 Å². The summed E-state index contributed by atoms with van der Waals surface area (Å²) in [7, 11) is 0. The number of amides is 1. The van der Waals surface area contributed by atoms with E-state index >= 15 is 0 Å². The highest BCUT2D eigenvalue weighted by molar-refractivity contribution is 5.91. The molecule has 2 N–H and O–H groups in total. The summed E-state index contributed by atoms with van der Waals surface area (Å²) in [6, 6.07) is 9.10. The third kappa shape index (κ3) is 4.35. The van der Waals surface area contributed by atoms with Gasteiger partial charge in [-0.3, -0.25) is 15.0 Å². The summed E-state index contributed by atoms with van der Waals surface area (Å²) < 4.78 is 5.20. The van der Waals surface area contributed by atoms with Gasteiger partial charge in [0.05, 0.1) is 17.9 Å². The van der Waals surface area contributed by atoms with E-state index in [-0.39, 0.29) is 11.3 Å². The van der Waals surface area contributed by atoms with Crippen LogP contribution in [0.2, 0.25) is 0 Å². The summed E-state index contributed by atoms with van der Waals surface area (Å²) in [5, 5.41) is 16.7. The maximum absolute atomic E-state index is 12.3. The van der Waals surface area contributed by atoms with Crippen LogP contribution in [0.1, 0.15) is 26.5 Å². The van der Waals surface area contributed by atoms with Crippen LogP contribution in [0, 0.1) is 0 Å². The van der Waals surface area contributed by atoms with Crippen molar-refractivity contribution in [2.24, 2.45) is 0 Å². The van der Waals surface area contributed by atoms with Crippen LogP contribution in [0.25, 0.3) is 0 Å². The largest absolute Gasteiger partial charge is 0.506 e. The van der Waals surface area contributed by atoms with Crippen LogP contribution in [0.5, 0.6) is 5.75 Å². The molecule has 1 amide bonds. The Kier molecular flexibility index (Phi) is 5.18. The molecule has 3 rings (SSSR count). The predicted octanol–water partition coefficient (Wildman–Crippen LogP) is 2.44. The van der Waals surface area contributed by atoms with E-state index < -0.39 is 0 Å². The number of aromatic hydroxyl groups is 1. The summed E-state index contributed by atoms with van der Waals surface area (Å²) in [4.78, 5) is 16.5. The number of benzene rings is 1. The minimum Gasteiger partial charge on any atom is -0.506 e. The van der Waals surface area contributed by atoms with Gasteiger partial charge in [0.25, 0.3) is 0 Å². The molecule has 1 aliphatic heterocycles. The van der Waals surface area contributed by atoms with E-state index in [9.17, 15) is 9.90 Å². The second-order valence-corrected chi connectivity index (χ2v) is 7.63. The Labute approximate surface area is 153 Å². The number of rotatable bonds is 4. The molecular weight excluding hydrogens is 332 g/mol. The van der Waals surface area contributed by atoms with Gasteiger partial charge >= 0.3 is 0 Å². The van der Waals surface area contributed by atoms with Gasteiger partial charge in [-0.15, -0.1) is 0 Å². The number of hydrogen-bond donors (Lipinski definition) is 2. The summed E-state index contributed by atoms with van der Waals surface area (Å²) in [6.45, 7) is 9.47. The van der Waals surface area contributed by atoms with Crippen molar-refractivity contribution in [3.63, 3.8) is 0 Å². The first-order valence-electron chi connectivity index (χ1n) is 8.85. The first-order chi connectivity index (χ1) is 12.3. The van der Waals surface area contributed by atoms with Gasteiger partial charge in [0.15, 0.2) is 0 Å². The number of anilines is 2. The Balaban J connectivity index is 1.49. The van der Waals surface area contributed by atoms with E-state index in [2.05, 4.69) is 20.3 Å². The fourth-order valence-electron chi connectivity index (χ4n) is 2.95. The molecule has 1 aromatic carbocycles. The number of piperazine rings is 1. The van der Waals surface area contributed by atoms with Gasteiger partial charge in [-0.1, -0.05) is 38.1 Å². The Bertz CT molecular complexity index is 758. The Morgan fingerprint density at radius 2 is 1.92 bits per heavy atom. The highest BCUT2D eigenvalue weighted by atomic mass is 16.5.